The fourth-order valence-corrected chi connectivity index (χ4v) is 1.83. The van der Waals surface area contributed by atoms with Crippen LogP contribution in [0.25, 0.3) is 0 Å². The first-order chi connectivity index (χ1) is 6.91. The van der Waals surface area contributed by atoms with Crippen molar-refractivity contribution < 1.29 is 9.18 Å². The molecule has 4 heteroatoms. The van der Waals surface area contributed by atoms with Gasteiger partial charge in [0.1, 0.15) is 5.82 Å². The maximum absolute atomic E-state index is 13.0. The molecule has 0 radical (unpaired) electrons. The molecular formula is C11H15FN2O. The topological polar surface area (TPSA) is 69.1 Å². The molecule has 0 bridgehead atoms. The summed E-state index contributed by atoms with van der Waals surface area (Å²) >= 11 is 0. The molecule has 0 aromatic heterocycles. The summed E-state index contributed by atoms with van der Waals surface area (Å²) in [6, 6.07) is 2.36. The zero-order valence-corrected chi connectivity index (χ0v) is 8.88. The normalized spacial score (nSPS) is 12.5. The highest BCUT2D eigenvalue weighted by atomic mass is 19.1. The minimum atomic E-state index is -0.455. The van der Waals surface area contributed by atoms with E-state index in [1.807, 2.05) is 0 Å². The molecule has 0 saturated heterocycles. The lowest BCUT2D eigenvalue weighted by Crippen LogP contribution is -2.22. The number of aryl methyl sites for hydroxylation is 2. The molecule has 4 N–H and O–H groups in total. The zero-order chi connectivity index (χ0) is 11.6. The average Bonchev–Trinajstić information content (AvgIpc) is 1.99. The lowest BCUT2D eigenvalue weighted by Gasteiger charge is -2.16. The average molecular weight is 210 g/mol. The van der Waals surface area contributed by atoms with E-state index in [9.17, 15) is 9.18 Å². The van der Waals surface area contributed by atoms with Crippen molar-refractivity contribution >= 4 is 5.91 Å². The first kappa shape index (κ1) is 11.7. The summed E-state index contributed by atoms with van der Waals surface area (Å²) in [6.45, 7) is 3.54. The van der Waals surface area contributed by atoms with E-state index in [0.29, 0.717) is 0 Å². The first-order valence-corrected chi connectivity index (χ1v) is 4.72. The Bertz CT molecular complexity index is 367. The molecule has 0 aliphatic heterocycles. The summed E-state index contributed by atoms with van der Waals surface area (Å²) in [5.41, 5.74) is 13.2. The second kappa shape index (κ2) is 4.40. The van der Waals surface area contributed by atoms with Gasteiger partial charge < -0.3 is 11.5 Å². The van der Waals surface area contributed by atoms with Crippen LogP contribution in [0.5, 0.6) is 0 Å². The van der Waals surface area contributed by atoms with Crippen molar-refractivity contribution in [1.82, 2.24) is 0 Å². The van der Waals surface area contributed by atoms with E-state index < -0.39 is 11.9 Å². The maximum Gasteiger partial charge on any atom is 0.219 e. The number of amides is 1. The van der Waals surface area contributed by atoms with Gasteiger partial charge in [0.15, 0.2) is 0 Å². The molecule has 0 aliphatic carbocycles. The van der Waals surface area contributed by atoms with Gasteiger partial charge in [-0.25, -0.2) is 4.39 Å². The number of carbonyl (C=O) groups is 1. The number of benzene rings is 1. The Morgan fingerprint density at radius 2 is 1.87 bits per heavy atom. The molecule has 1 amide bonds. The molecule has 0 spiro atoms. The highest BCUT2D eigenvalue weighted by Crippen LogP contribution is 2.23. The Balaban J connectivity index is 3.08. The molecular weight excluding hydrogens is 195 g/mol. The fraction of sp³-hybridized carbons (Fsp3) is 0.364. The minimum absolute atomic E-state index is 0.0767. The Kier molecular flexibility index (Phi) is 3.42. The summed E-state index contributed by atoms with van der Waals surface area (Å²) < 4.78 is 13.0. The van der Waals surface area contributed by atoms with Crippen molar-refractivity contribution in [2.24, 2.45) is 11.5 Å². The smallest absolute Gasteiger partial charge is 0.219 e. The van der Waals surface area contributed by atoms with Crippen molar-refractivity contribution in [2.75, 3.05) is 0 Å². The molecule has 15 heavy (non-hydrogen) atoms. The van der Waals surface area contributed by atoms with Crippen LogP contribution in [-0.4, -0.2) is 5.91 Å². The van der Waals surface area contributed by atoms with Crippen LogP contribution >= 0.6 is 0 Å². The Labute approximate surface area is 88.3 Å². The van der Waals surface area contributed by atoms with Crippen molar-refractivity contribution in [3.63, 3.8) is 0 Å². The van der Waals surface area contributed by atoms with Crippen LogP contribution in [0, 0.1) is 19.7 Å². The number of nitrogens with two attached hydrogens (primary N) is 2. The highest BCUT2D eigenvalue weighted by molar-refractivity contribution is 5.74. The van der Waals surface area contributed by atoms with E-state index in [4.69, 9.17) is 11.5 Å². The number of hydrogen-bond donors (Lipinski definition) is 2. The van der Waals surface area contributed by atoms with Gasteiger partial charge in [-0.15, -0.1) is 0 Å². The van der Waals surface area contributed by atoms with Crippen molar-refractivity contribution in [2.45, 2.75) is 26.3 Å². The maximum atomic E-state index is 13.0. The Morgan fingerprint density at radius 1 is 1.40 bits per heavy atom. The number of carbonyl (C=O) groups excluding carboxylic acids is 1. The van der Waals surface area contributed by atoms with E-state index in [1.165, 1.54) is 12.1 Å². The van der Waals surface area contributed by atoms with Crippen LogP contribution in [0.3, 0.4) is 0 Å². The predicted molar refractivity (Wildman–Crippen MR) is 56.6 cm³/mol. The largest absolute Gasteiger partial charge is 0.370 e. The second-order valence-corrected chi connectivity index (χ2v) is 3.73. The molecule has 1 unspecified atom stereocenters. The molecule has 0 heterocycles. The van der Waals surface area contributed by atoms with Gasteiger partial charge in [-0.3, -0.25) is 4.79 Å². The van der Waals surface area contributed by atoms with Crippen LogP contribution in [0.15, 0.2) is 12.1 Å². The van der Waals surface area contributed by atoms with Gasteiger partial charge in [0.2, 0.25) is 5.91 Å². The van der Waals surface area contributed by atoms with Gasteiger partial charge >= 0.3 is 0 Å². The molecule has 1 atom stereocenters. The summed E-state index contributed by atoms with van der Waals surface area (Å²) in [5, 5.41) is 0. The summed E-state index contributed by atoms with van der Waals surface area (Å²) in [5.74, 6) is -0.745. The van der Waals surface area contributed by atoms with E-state index in [1.54, 1.807) is 13.8 Å². The van der Waals surface area contributed by atoms with Crippen LogP contribution in [0.4, 0.5) is 4.39 Å². The Morgan fingerprint density at radius 3 is 2.27 bits per heavy atom. The summed E-state index contributed by atoms with van der Waals surface area (Å²) in [4.78, 5) is 10.7. The van der Waals surface area contributed by atoms with E-state index >= 15 is 0 Å². The Hall–Kier alpha value is -1.42. The quantitative estimate of drug-likeness (QED) is 0.789. The molecule has 82 valence electrons. The lowest BCUT2D eigenvalue weighted by atomic mass is 9.94. The van der Waals surface area contributed by atoms with Gasteiger partial charge in [0.25, 0.3) is 0 Å². The number of halogens is 1. The van der Waals surface area contributed by atoms with Gasteiger partial charge in [-0.2, -0.15) is 0 Å². The fourth-order valence-electron chi connectivity index (χ4n) is 1.83. The van der Waals surface area contributed by atoms with Crippen molar-refractivity contribution in [3.05, 3.63) is 34.6 Å². The molecule has 3 nitrogen and oxygen atoms in total. The molecule has 0 aliphatic rings. The molecule has 0 fully saturated rings. The number of rotatable bonds is 3. The molecule has 0 saturated carbocycles. The number of primary amides is 1. The van der Waals surface area contributed by atoms with Crippen LogP contribution in [0.2, 0.25) is 0 Å². The first-order valence-electron chi connectivity index (χ1n) is 4.72. The van der Waals surface area contributed by atoms with E-state index in [0.717, 1.165) is 16.7 Å². The monoisotopic (exact) mass is 210 g/mol. The van der Waals surface area contributed by atoms with Crippen molar-refractivity contribution in [3.8, 4) is 0 Å². The third-order valence-corrected chi connectivity index (χ3v) is 2.35. The highest BCUT2D eigenvalue weighted by Gasteiger charge is 2.15. The minimum Gasteiger partial charge on any atom is -0.370 e. The molecule has 1 rings (SSSR count). The van der Waals surface area contributed by atoms with Crippen LogP contribution < -0.4 is 11.5 Å². The second-order valence-electron chi connectivity index (χ2n) is 3.73. The molecule has 1 aromatic carbocycles. The summed E-state index contributed by atoms with van der Waals surface area (Å²) in [7, 11) is 0. The standard InChI is InChI=1S/C11H15FN2O/c1-6-3-8(12)4-7(2)11(6)9(13)5-10(14)15/h3-4,9H,5,13H2,1-2H3,(H2,14,15). The van der Waals surface area contributed by atoms with Gasteiger partial charge in [0, 0.05) is 12.5 Å². The van der Waals surface area contributed by atoms with Gasteiger partial charge in [-0.05, 0) is 42.7 Å². The lowest BCUT2D eigenvalue weighted by molar-refractivity contribution is -0.118. The SMILES string of the molecule is Cc1cc(F)cc(C)c1C(N)CC(N)=O. The number of hydrogen-bond acceptors (Lipinski definition) is 2. The summed E-state index contributed by atoms with van der Waals surface area (Å²) in [6.07, 6.45) is 0.0767. The molecule has 1 aromatic rings. The van der Waals surface area contributed by atoms with Gasteiger partial charge in [-0.1, -0.05) is 0 Å². The van der Waals surface area contributed by atoms with E-state index in [2.05, 4.69) is 0 Å². The third-order valence-electron chi connectivity index (χ3n) is 2.35. The van der Waals surface area contributed by atoms with Crippen molar-refractivity contribution in [1.29, 1.82) is 0 Å². The predicted octanol–water partition coefficient (Wildman–Crippen LogP) is 1.32. The van der Waals surface area contributed by atoms with Crippen LogP contribution in [0.1, 0.15) is 29.2 Å². The van der Waals surface area contributed by atoms with Gasteiger partial charge in [0.05, 0.1) is 0 Å². The van der Waals surface area contributed by atoms with Crippen LogP contribution in [-0.2, 0) is 4.79 Å². The third kappa shape index (κ3) is 2.76. The van der Waals surface area contributed by atoms with E-state index in [-0.39, 0.29) is 12.2 Å². The zero-order valence-electron chi connectivity index (χ0n) is 8.88.